The van der Waals surface area contributed by atoms with E-state index < -0.39 is 0 Å². The molecule has 0 bridgehead atoms. The SMILES string of the molecule is C=C(C)C(=O)Nc1c(CCc2ccccc2)ccc2c1Cc1ccccc1-2. The molecule has 1 aliphatic rings. The lowest BCUT2D eigenvalue weighted by molar-refractivity contribution is -0.112. The molecule has 4 rings (SSSR count). The molecule has 3 aromatic rings. The van der Waals surface area contributed by atoms with Crippen molar-refractivity contribution in [3.63, 3.8) is 0 Å². The van der Waals surface area contributed by atoms with Crippen LogP contribution in [0.15, 0.2) is 78.9 Å². The van der Waals surface area contributed by atoms with Crippen molar-refractivity contribution < 1.29 is 4.79 Å². The van der Waals surface area contributed by atoms with Crippen molar-refractivity contribution in [2.45, 2.75) is 26.2 Å². The standard InChI is InChI=1S/C25H23NO/c1-17(2)25(27)26-24-19(13-12-18-8-4-3-5-9-18)14-15-22-21-11-7-6-10-20(21)16-23(22)24/h3-11,14-15H,1,12-13,16H2,2H3,(H,26,27). The van der Waals surface area contributed by atoms with Crippen molar-refractivity contribution in [1.29, 1.82) is 0 Å². The van der Waals surface area contributed by atoms with Crippen molar-refractivity contribution in [3.05, 3.63) is 101 Å². The molecule has 0 radical (unpaired) electrons. The molecule has 1 N–H and O–H groups in total. The number of anilines is 1. The number of fused-ring (bicyclic) bond motifs is 3. The van der Waals surface area contributed by atoms with Crippen LogP contribution in [0, 0.1) is 0 Å². The summed E-state index contributed by atoms with van der Waals surface area (Å²) >= 11 is 0. The maximum atomic E-state index is 12.4. The zero-order chi connectivity index (χ0) is 18.8. The van der Waals surface area contributed by atoms with E-state index in [-0.39, 0.29) is 5.91 Å². The highest BCUT2D eigenvalue weighted by Crippen LogP contribution is 2.42. The topological polar surface area (TPSA) is 29.1 Å². The number of amides is 1. The maximum Gasteiger partial charge on any atom is 0.250 e. The molecule has 0 fully saturated rings. The van der Waals surface area contributed by atoms with E-state index in [2.05, 4.69) is 72.6 Å². The molecular formula is C25H23NO. The van der Waals surface area contributed by atoms with Crippen LogP contribution in [0.3, 0.4) is 0 Å². The molecule has 1 aliphatic carbocycles. The minimum absolute atomic E-state index is 0.111. The van der Waals surface area contributed by atoms with Gasteiger partial charge in [-0.3, -0.25) is 4.79 Å². The highest BCUT2D eigenvalue weighted by Gasteiger charge is 2.23. The fourth-order valence-corrected chi connectivity index (χ4v) is 3.77. The summed E-state index contributed by atoms with van der Waals surface area (Å²) in [5, 5.41) is 3.14. The number of benzene rings is 3. The number of carbonyl (C=O) groups is 1. The third-order valence-corrected chi connectivity index (χ3v) is 5.23. The van der Waals surface area contributed by atoms with Crippen LogP contribution in [0.2, 0.25) is 0 Å². The van der Waals surface area contributed by atoms with Crippen LogP contribution < -0.4 is 5.32 Å². The number of rotatable bonds is 5. The Labute approximate surface area is 160 Å². The first kappa shape index (κ1) is 17.3. The molecule has 27 heavy (non-hydrogen) atoms. The monoisotopic (exact) mass is 353 g/mol. The molecule has 2 nitrogen and oxygen atoms in total. The Balaban J connectivity index is 1.72. The van der Waals surface area contributed by atoms with E-state index in [4.69, 9.17) is 0 Å². The molecule has 0 heterocycles. The van der Waals surface area contributed by atoms with Gasteiger partial charge in [-0.25, -0.2) is 0 Å². The summed E-state index contributed by atoms with van der Waals surface area (Å²) in [7, 11) is 0. The van der Waals surface area contributed by atoms with Crippen LogP contribution in [0.5, 0.6) is 0 Å². The summed E-state index contributed by atoms with van der Waals surface area (Å²) in [5.74, 6) is -0.111. The van der Waals surface area contributed by atoms with Gasteiger partial charge in [0.1, 0.15) is 0 Å². The largest absolute Gasteiger partial charge is 0.322 e. The number of hydrogen-bond acceptors (Lipinski definition) is 1. The van der Waals surface area contributed by atoms with E-state index in [0.717, 1.165) is 24.9 Å². The van der Waals surface area contributed by atoms with Gasteiger partial charge in [0, 0.05) is 17.7 Å². The van der Waals surface area contributed by atoms with Crippen LogP contribution in [-0.4, -0.2) is 5.91 Å². The van der Waals surface area contributed by atoms with E-state index >= 15 is 0 Å². The smallest absolute Gasteiger partial charge is 0.250 e. The Kier molecular flexibility index (Phi) is 4.64. The lowest BCUT2D eigenvalue weighted by atomic mass is 9.96. The van der Waals surface area contributed by atoms with Gasteiger partial charge in [0.2, 0.25) is 0 Å². The minimum atomic E-state index is -0.111. The molecule has 134 valence electrons. The number of aryl methyl sites for hydroxylation is 2. The van der Waals surface area contributed by atoms with Crippen LogP contribution in [0.1, 0.15) is 29.2 Å². The average molecular weight is 353 g/mol. The Hall–Kier alpha value is -3.13. The molecule has 2 heteroatoms. The molecule has 0 unspecified atom stereocenters. The lowest BCUT2D eigenvalue weighted by Crippen LogP contribution is -2.15. The number of nitrogens with one attached hydrogen (secondary N) is 1. The average Bonchev–Trinajstić information content (AvgIpc) is 3.07. The zero-order valence-corrected chi connectivity index (χ0v) is 15.6. The molecule has 0 aromatic heterocycles. The van der Waals surface area contributed by atoms with Gasteiger partial charge in [0.15, 0.2) is 0 Å². The second-order valence-corrected chi connectivity index (χ2v) is 7.18. The lowest BCUT2D eigenvalue weighted by Gasteiger charge is -2.16. The van der Waals surface area contributed by atoms with E-state index in [1.54, 1.807) is 6.92 Å². The zero-order valence-electron chi connectivity index (χ0n) is 15.6. The molecule has 0 aliphatic heterocycles. The fourth-order valence-electron chi connectivity index (χ4n) is 3.77. The predicted octanol–water partition coefficient (Wildman–Crippen LogP) is 5.56. The summed E-state index contributed by atoms with van der Waals surface area (Å²) in [6, 6.07) is 23.3. The Bertz CT molecular complexity index is 1020. The molecule has 3 aromatic carbocycles. The van der Waals surface area contributed by atoms with Gasteiger partial charge >= 0.3 is 0 Å². The normalized spacial score (nSPS) is 11.6. The van der Waals surface area contributed by atoms with Crippen LogP contribution in [0.4, 0.5) is 5.69 Å². The summed E-state index contributed by atoms with van der Waals surface area (Å²) in [6.45, 7) is 5.54. The van der Waals surface area contributed by atoms with E-state index in [1.807, 2.05) is 6.07 Å². The molecule has 0 saturated carbocycles. The van der Waals surface area contributed by atoms with Gasteiger partial charge in [0.25, 0.3) is 5.91 Å². The maximum absolute atomic E-state index is 12.4. The van der Waals surface area contributed by atoms with E-state index in [1.165, 1.54) is 33.4 Å². The summed E-state index contributed by atoms with van der Waals surface area (Å²) in [5.41, 5.74) is 9.01. The highest BCUT2D eigenvalue weighted by molar-refractivity contribution is 6.04. The summed E-state index contributed by atoms with van der Waals surface area (Å²) in [6.07, 6.45) is 2.69. The van der Waals surface area contributed by atoms with Gasteiger partial charge in [-0.05, 0) is 53.1 Å². The second kappa shape index (κ2) is 7.24. The van der Waals surface area contributed by atoms with E-state index in [9.17, 15) is 4.79 Å². The Morgan fingerprint density at radius 2 is 1.67 bits per heavy atom. The molecule has 0 saturated heterocycles. The first-order valence-electron chi connectivity index (χ1n) is 9.37. The van der Waals surface area contributed by atoms with Gasteiger partial charge in [0.05, 0.1) is 0 Å². The second-order valence-electron chi connectivity index (χ2n) is 7.18. The molecular weight excluding hydrogens is 330 g/mol. The van der Waals surface area contributed by atoms with Crippen molar-refractivity contribution >= 4 is 11.6 Å². The first-order valence-corrected chi connectivity index (χ1v) is 9.37. The third-order valence-electron chi connectivity index (χ3n) is 5.23. The highest BCUT2D eigenvalue weighted by atomic mass is 16.1. The summed E-state index contributed by atoms with van der Waals surface area (Å²) < 4.78 is 0. The van der Waals surface area contributed by atoms with Gasteiger partial charge in [-0.2, -0.15) is 0 Å². The quantitative estimate of drug-likeness (QED) is 0.468. The molecule has 1 amide bonds. The predicted molar refractivity (Wildman–Crippen MR) is 112 cm³/mol. The summed E-state index contributed by atoms with van der Waals surface area (Å²) in [4.78, 5) is 12.4. The minimum Gasteiger partial charge on any atom is -0.322 e. The fraction of sp³-hybridized carbons (Fsp3) is 0.160. The van der Waals surface area contributed by atoms with E-state index in [0.29, 0.717) is 5.57 Å². The Morgan fingerprint density at radius 1 is 0.926 bits per heavy atom. The van der Waals surface area contributed by atoms with Crippen molar-refractivity contribution in [2.24, 2.45) is 0 Å². The number of hydrogen-bond donors (Lipinski definition) is 1. The van der Waals surface area contributed by atoms with Gasteiger partial charge in [-0.1, -0.05) is 73.3 Å². The molecule has 0 atom stereocenters. The van der Waals surface area contributed by atoms with Gasteiger partial charge in [-0.15, -0.1) is 0 Å². The van der Waals surface area contributed by atoms with Crippen molar-refractivity contribution in [1.82, 2.24) is 0 Å². The van der Waals surface area contributed by atoms with Crippen LogP contribution in [-0.2, 0) is 24.1 Å². The number of carbonyl (C=O) groups excluding carboxylic acids is 1. The third kappa shape index (κ3) is 3.43. The van der Waals surface area contributed by atoms with Crippen molar-refractivity contribution in [3.8, 4) is 11.1 Å². The van der Waals surface area contributed by atoms with Crippen molar-refractivity contribution in [2.75, 3.05) is 5.32 Å². The first-order chi connectivity index (χ1) is 13.1. The van der Waals surface area contributed by atoms with Crippen LogP contribution in [0.25, 0.3) is 11.1 Å². The Morgan fingerprint density at radius 3 is 2.44 bits per heavy atom. The van der Waals surface area contributed by atoms with Gasteiger partial charge < -0.3 is 5.32 Å². The molecule has 0 spiro atoms. The van der Waals surface area contributed by atoms with Crippen LogP contribution >= 0.6 is 0 Å².